The quantitative estimate of drug-likeness (QED) is 0.582. The van der Waals surface area contributed by atoms with Gasteiger partial charge in [0, 0.05) is 0 Å². The Kier molecular flexibility index (Phi) is 2.62. The third-order valence-electron chi connectivity index (χ3n) is 1.81. The fourth-order valence-electron chi connectivity index (χ4n) is 1.08. The predicted octanol–water partition coefficient (Wildman–Crippen LogP) is 3.64. The van der Waals surface area contributed by atoms with Crippen LogP contribution < -0.4 is 0 Å². The van der Waals surface area contributed by atoms with Crippen molar-refractivity contribution >= 4 is 5.69 Å². The average molecular weight is 181 g/mol. The van der Waals surface area contributed by atoms with Crippen molar-refractivity contribution < 1.29 is 8.78 Å². The molecule has 0 saturated heterocycles. The number of rotatable bonds is 1. The maximum Gasteiger partial charge on any atom is 0.224 e. The Labute approximate surface area is 75.8 Å². The highest BCUT2D eigenvalue weighted by atomic mass is 19.1. The highest BCUT2D eigenvalue weighted by molar-refractivity contribution is 5.48. The summed E-state index contributed by atoms with van der Waals surface area (Å²) in [6, 6.07) is 2.03. The number of nitrogens with zero attached hydrogens (tertiary/aromatic N) is 1. The van der Waals surface area contributed by atoms with Crippen molar-refractivity contribution in [2.75, 3.05) is 0 Å². The largest absolute Gasteiger partial charge is 0.235 e. The lowest BCUT2D eigenvalue weighted by Gasteiger charge is -2.07. The monoisotopic (exact) mass is 181 g/mol. The van der Waals surface area contributed by atoms with Crippen LogP contribution in [0.1, 0.15) is 25.3 Å². The van der Waals surface area contributed by atoms with Gasteiger partial charge in [0.25, 0.3) is 0 Å². The van der Waals surface area contributed by atoms with Crippen LogP contribution in [0.3, 0.4) is 0 Å². The molecule has 13 heavy (non-hydrogen) atoms. The Bertz CT molecular complexity index is 364. The van der Waals surface area contributed by atoms with Crippen LogP contribution in [0, 0.1) is 18.2 Å². The van der Waals surface area contributed by atoms with Crippen LogP contribution in [0.25, 0.3) is 4.85 Å². The maximum atomic E-state index is 13.2. The van der Waals surface area contributed by atoms with Crippen molar-refractivity contribution in [2.45, 2.75) is 19.8 Å². The summed E-state index contributed by atoms with van der Waals surface area (Å²) in [5.74, 6) is -1.24. The molecule has 0 atom stereocenters. The van der Waals surface area contributed by atoms with Crippen molar-refractivity contribution in [1.29, 1.82) is 0 Å². The van der Waals surface area contributed by atoms with Gasteiger partial charge in [-0.1, -0.05) is 13.8 Å². The summed E-state index contributed by atoms with van der Waals surface area (Å²) in [5, 5.41) is 0. The van der Waals surface area contributed by atoms with Gasteiger partial charge in [0.05, 0.1) is 6.57 Å². The SMILES string of the molecule is [C-]#[N+]c1cc(F)c(C(C)C)cc1F. The zero-order valence-corrected chi connectivity index (χ0v) is 7.44. The van der Waals surface area contributed by atoms with Crippen LogP contribution in [0.4, 0.5) is 14.5 Å². The van der Waals surface area contributed by atoms with E-state index in [1.807, 2.05) is 0 Å². The standard InChI is InChI=1S/C10H9F2N/c1-6(2)7-4-9(12)10(13-3)5-8(7)11/h4-6H,1-2H3. The smallest absolute Gasteiger partial charge is 0.224 e. The van der Waals surface area contributed by atoms with Crippen molar-refractivity contribution in [3.05, 3.63) is 40.7 Å². The Morgan fingerprint density at radius 1 is 1.23 bits per heavy atom. The Morgan fingerprint density at radius 3 is 2.31 bits per heavy atom. The van der Waals surface area contributed by atoms with Gasteiger partial charge < -0.3 is 0 Å². The van der Waals surface area contributed by atoms with E-state index in [2.05, 4.69) is 4.85 Å². The third kappa shape index (κ3) is 1.83. The summed E-state index contributed by atoms with van der Waals surface area (Å²) < 4.78 is 26.2. The molecule has 1 aromatic carbocycles. The van der Waals surface area contributed by atoms with Crippen LogP contribution >= 0.6 is 0 Å². The summed E-state index contributed by atoms with van der Waals surface area (Å²) in [6.07, 6.45) is 0. The highest BCUT2D eigenvalue weighted by Gasteiger charge is 2.11. The molecule has 0 aliphatic heterocycles. The fourth-order valence-corrected chi connectivity index (χ4v) is 1.08. The molecule has 0 spiro atoms. The topological polar surface area (TPSA) is 4.36 Å². The first-order valence-electron chi connectivity index (χ1n) is 3.92. The lowest BCUT2D eigenvalue weighted by Crippen LogP contribution is -1.94. The van der Waals surface area contributed by atoms with Crippen LogP contribution in [-0.2, 0) is 0 Å². The molecule has 0 aromatic heterocycles. The molecule has 3 heteroatoms. The van der Waals surface area contributed by atoms with Gasteiger partial charge in [0.1, 0.15) is 11.6 Å². The van der Waals surface area contributed by atoms with Gasteiger partial charge in [-0.25, -0.2) is 13.6 Å². The Morgan fingerprint density at radius 2 is 1.85 bits per heavy atom. The third-order valence-corrected chi connectivity index (χ3v) is 1.81. The molecule has 0 aliphatic rings. The molecule has 0 fully saturated rings. The van der Waals surface area contributed by atoms with Gasteiger partial charge in [0.2, 0.25) is 5.69 Å². The molecule has 0 heterocycles. The van der Waals surface area contributed by atoms with E-state index in [1.165, 1.54) is 0 Å². The molecule has 0 aliphatic carbocycles. The zero-order valence-electron chi connectivity index (χ0n) is 7.44. The summed E-state index contributed by atoms with van der Waals surface area (Å²) in [5.41, 5.74) is 0.0480. The van der Waals surface area contributed by atoms with E-state index in [4.69, 9.17) is 6.57 Å². The van der Waals surface area contributed by atoms with Crippen molar-refractivity contribution in [3.8, 4) is 0 Å². The number of benzene rings is 1. The molecule has 1 aromatic rings. The molecular formula is C10H9F2N. The van der Waals surface area contributed by atoms with Gasteiger partial charge in [-0.05, 0) is 23.6 Å². The van der Waals surface area contributed by atoms with Gasteiger partial charge in [-0.3, -0.25) is 0 Å². The second-order valence-electron chi connectivity index (χ2n) is 3.09. The molecule has 0 unspecified atom stereocenters. The fraction of sp³-hybridized carbons (Fsp3) is 0.300. The van der Waals surface area contributed by atoms with Crippen molar-refractivity contribution in [2.24, 2.45) is 0 Å². The number of hydrogen-bond acceptors (Lipinski definition) is 0. The van der Waals surface area contributed by atoms with Crippen LogP contribution in [0.15, 0.2) is 12.1 Å². The minimum absolute atomic E-state index is 0.0747. The van der Waals surface area contributed by atoms with E-state index >= 15 is 0 Å². The van der Waals surface area contributed by atoms with E-state index in [0.29, 0.717) is 5.56 Å². The van der Waals surface area contributed by atoms with E-state index < -0.39 is 11.6 Å². The highest BCUT2D eigenvalue weighted by Crippen LogP contribution is 2.26. The minimum Gasteiger partial charge on any atom is -0.235 e. The first-order valence-corrected chi connectivity index (χ1v) is 3.92. The van der Waals surface area contributed by atoms with Gasteiger partial charge in [-0.15, -0.1) is 0 Å². The molecular weight excluding hydrogens is 172 g/mol. The lowest BCUT2D eigenvalue weighted by molar-refractivity contribution is 0.579. The second-order valence-corrected chi connectivity index (χ2v) is 3.09. The predicted molar refractivity (Wildman–Crippen MR) is 46.7 cm³/mol. The van der Waals surface area contributed by atoms with Gasteiger partial charge >= 0.3 is 0 Å². The number of hydrogen-bond donors (Lipinski definition) is 0. The minimum atomic E-state index is -0.653. The summed E-state index contributed by atoms with van der Waals surface area (Å²) in [4.78, 5) is 2.87. The van der Waals surface area contributed by atoms with Crippen molar-refractivity contribution in [3.63, 3.8) is 0 Å². The summed E-state index contributed by atoms with van der Waals surface area (Å²) in [6.45, 7) is 10.1. The molecule has 68 valence electrons. The second kappa shape index (κ2) is 3.53. The number of halogens is 2. The van der Waals surface area contributed by atoms with Crippen LogP contribution in [0.5, 0.6) is 0 Å². The van der Waals surface area contributed by atoms with E-state index in [0.717, 1.165) is 12.1 Å². The molecule has 0 radical (unpaired) electrons. The first-order chi connectivity index (χ1) is 6.06. The Hall–Kier alpha value is -1.43. The summed E-state index contributed by atoms with van der Waals surface area (Å²) in [7, 11) is 0. The Balaban J connectivity index is 3.31. The van der Waals surface area contributed by atoms with Crippen molar-refractivity contribution in [1.82, 2.24) is 0 Å². The maximum absolute atomic E-state index is 13.2. The molecule has 1 nitrogen and oxygen atoms in total. The zero-order chi connectivity index (χ0) is 10.0. The van der Waals surface area contributed by atoms with Crippen LogP contribution in [-0.4, -0.2) is 0 Å². The lowest BCUT2D eigenvalue weighted by atomic mass is 10.0. The van der Waals surface area contributed by atoms with Gasteiger partial charge in [0.15, 0.2) is 0 Å². The van der Waals surface area contributed by atoms with E-state index in [1.54, 1.807) is 13.8 Å². The van der Waals surface area contributed by atoms with Gasteiger partial charge in [-0.2, -0.15) is 0 Å². The molecule has 0 saturated carbocycles. The molecule has 0 bridgehead atoms. The first kappa shape index (κ1) is 9.66. The normalized spacial score (nSPS) is 10.2. The molecule has 0 amide bonds. The molecule has 1 rings (SSSR count). The summed E-state index contributed by atoms with van der Waals surface area (Å²) >= 11 is 0. The molecule has 0 N–H and O–H groups in total. The van der Waals surface area contributed by atoms with E-state index in [-0.39, 0.29) is 11.6 Å². The van der Waals surface area contributed by atoms with E-state index in [9.17, 15) is 8.78 Å². The van der Waals surface area contributed by atoms with Crippen LogP contribution in [0.2, 0.25) is 0 Å². The average Bonchev–Trinajstić information content (AvgIpc) is 2.07.